The normalized spacial score (nSPS) is 16.9. The van der Waals surface area contributed by atoms with Crippen molar-refractivity contribution in [3.05, 3.63) is 48.5 Å². The summed E-state index contributed by atoms with van der Waals surface area (Å²) in [6, 6.07) is 11.5. The molecule has 2 unspecified atom stereocenters. The zero-order valence-corrected chi connectivity index (χ0v) is 37.2. The van der Waals surface area contributed by atoms with Crippen molar-refractivity contribution in [1.29, 1.82) is 0 Å². The number of alkyl halides is 2. The number of benzene rings is 2. The molecule has 0 aliphatic carbocycles. The molecule has 0 fully saturated rings. The molecule has 14 nitrogen and oxygen atoms in total. The number of halogens is 5. The summed E-state index contributed by atoms with van der Waals surface area (Å²) in [5, 5.41) is 21.1. The fraction of sp³-hybridized carbons (Fsp3) is 0.467. The van der Waals surface area contributed by atoms with Gasteiger partial charge in [0, 0.05) is 37.4 Å². The summed E-state index contributed by atoms with van der Waals surface area (Å²) in [5.41, 5.74) is 0. The van der Waals surface area contributed by atoms with E-state index in [4.69, 9.17) is 27.9 Å². The highest BCUT2D eigenvalue weighted by Crippen LogP contribution is 2.18. The molecule has 0 amide bonds. The molecule has 290 valence electrons. The third kappa shape index (κ3) is 17.4. The molecule has 0 saturated carbocycles. The first kappa shape index (κ1) is 47.9. The lowest BCUT2D eigenvalue weighted by atomic mass is 10.1. The molecule has 22 heteroatoms. The predicted molar refractivity (Wildman–Crippen MR) is 225 cm³/mol. The second-order valence-corrected chi connectivity index (χ2v) is 21.0. The van der Waals surface area contributed by atoms with Crippen LogP contribution in [0.4, 0.5) is 0 Å². The van der Waals surface area contributed by atoms with Crippen LogP contribution in [0.1, 0.15) is 40.5 Å². The Morgan fingerprint density at radius 3 is 1.44 bits per heavy atom. The van der Waals surface area contributed by atoms with Crippen LogP contribution in [-0.4, -0.2) is 98.1 Å². The zero-order valence-electron chi connectivity index (χ0n) is 29.3. The van der Waals surface area contributed by atoms with Crippen LogP contribution in [0.3, 0.4) is 0 Å². The number of hydrogen-bond acceptors (Lipinski definition) is 10. The summed E-state index contributed by atoms with van der Waals surface area (Å²) in [6.45, 7) is 9.92. The van der Waals surface area contributed by atoms with Gasteiger partial charge in [-0.2, -0.15) is 10.2 Å². The molecule has 2 aliphatic heterocycles. The van der Waals surface area contributed by atoms with Crippen molar-refractivity contribution >= 4 is 118 Å². The van der Waals surface area contributed by atoms with Crippen molar-refractivity contribution in [3.8, 4) is 11.5 Å². The van der Waals surface area contributed by atoms with Crippen molar-refractivity contribution in [3.63, 3.8) is 0 Å². The quantitative estimate of drug-likeness (QED) is 0.109. The van der Waals surface area contributed by atoms with E-state index in [1.54, 1.807) is 28.4 Å². The Balaban J connectivity index is 0.000000441. The molecule has 2 aromatic rings. The van der Waals surface area contributed by atoms with Gasteiger partial charge in [0.2, 0.25) is 11.9 Å². The second kappa shape index (κ2) is 25.1. The van der Waals surface area contributed by atoms with Crippen LogP contribution in [-0.2, 0) is 20.0 Å². The molecule has 0 radical (unpaired) electrons. The fourth-order valence-corrected chi connectivity index (χ4v) is 6.15. The molecule has 2 atom stereocenters. The van der Waals surface area contributed by atoms with Gasteiger partial charge in [-0.25, -0.2) is 36.3 Å². The maximum absolute atomic E-state index is 12.5. The number of guanidine groups is 2. The number of aliphatic imine (C=N–C) groups is 2. The van der Waals surface area contributed by atoms with Gasteiger partial charge in [0.05, 0.1) is 35.3 Å². The number of hydrazone groups is 2. The number of aromatic hydroxyl groups is 1. The second-order valence-electron chi connectivity index (χ2n) is 10.4. The Morgan fingerprint density at radius 2 is 1.15 bits per heavy atom. The van der Waals surface area contributed by atoms with Gasteiger partial charge in [-0.1, -0.05) is 13.8 Å². The molecule has 52 heavy (non-hydrogen) atoms. The number of rotatable bonds is 9. The molecule has 0 bridgehead atoms. The van der Waals surface area contributed by atoms with Crippen LogP contribution in [0.5, 0.6) is 11.5 Å². The minimum absolute atomic E-state index is 0.0105. The Morgan fingerprint density at radius 1 is 0.808 bits per heavy atom. The van der Waals surface area contributed by atoms with E-state index in [0.717, 1.165) is 12.8 Å². The van der Waals surface area contributed by atoms with Crippen LogP contribution in [0.15, 0.2) is 78.5 Å². The van der Waals surface area contributed by atoms with Crippen molar-refractivity contribution in [2.24, 2.45) is 32.0 Å². The fourth-order valence-electron chi connectivity index (χ4n) is 4.10. The van der Waals surface area contributed by atoms with Gasteiger partial charge in [-0.3, -0.25) is 9.98 Å². The number of methoxy groups -OCH3 is 1. The molecule has 0 saturated heterocycles. The van der Waals surface area contributed by atoms with Gasteiger partial charge in [0.1, 0.15) is 11.5 Å². The van der Waals surface area contributed by atoms with Gasteiger partial charge >= 0.3 is 3.18 Å². The van der Waals surface area contributed by atoms with Gasteiger partial charge in [-0.15, -0.1) is 70.5 Å². The molecule has 2 heterocycles. The third-order valence-corrected chi connectivity index (χ3v) is 9.46. The number of nitrogens with zero attached hydrogens (tertiary/aromatic N) is 6. The molecular formula is C30H44BBr3Cl2N8O6S2. The number of ether oxygens (including phenoxy) is 1. The lowest BCUT2D eigenvalue weighted by molar-refractivity contribution is 0.414. The summed E-state index contributed by atoms with van der Waals surface area (Å²) in [5.74, 6) is 1.67. The van der Waals surface area contributed by atoms with E-state index in [0.29, 0.717) is 43.8 Å². The molecule has 3 N–H and O–H groups in total. The van der Waals surface area contributed by atoms with E-state index in [-0.39, 0.29) is 36.0 Å². The highest BCUT2D eigenvalue weighted by atomic mass is 79.9. The highest BCUT2D eigenvalue weighted by Gasteiger charge is 2.26. The molecular weight excluding hydrogens is 954 g/mol. The Hall–Kier alpha value is -2.10. The maximum Gasteiger partial charge on any atom is 0.369 e. The van der Waals surface area contributed by atoms with E-state index in [2.05, 4.69) is 90.8 Å². The lowest BCUT2D eigenvalue weighted by Gasteiger charge is -2.19. The van der Waals surface area contributed by atoms with Crippen molar-refractivity contribution in [2.45, 2.75) is 50.3 Å². The molecule has 0 aromatic heterocycles. The van der Waals surface area contributed by atoms with E-state index in [9.17, 15) is 21.9 Å². The number of phenolic OH excluding ortho intramolecular Hbond substituents is 1. The van der Waals surface area contributed by atoms with Gasteiger partial charge in [-0.05, 0) is 75.2 Å². The van der Waals surface area contributed by atoms with E-state index >= 15 is 0 Å². The standard InChI is InChI=1S/C15H22N4O3S.C14H20N4O3S.CH2Cl2.BBr3/c1-4-12-10-17-19(11-12)15(16-5-2)18-23(20,21)14-8-6-13(22-3)7-9-14;1-3-11-9-16-18(10-11)14(15-4-2)17-22(20,21)13-7-5-12(19)6-8-13;2-1-3;2-1(3)4/h6-10,12H,4-5,11H2,1-3H3,(H,16,18);5-9,11,19H,3-4,10H2,1-2H3,(H,15,17);1H2;. The number of hydrogen-bond donors (Lipinski definition) is 3. The van der Waals surface area contributed by atoms with E-state index < -0.39 is 20.0 Å². The molecule has 4 rings (SSSR count). The Bertz CT molecular complexity index is 1690. The number of phenols is 1. The molecule has 2 aromatic carbocycles. The molecule has 0 spiro atoms. The van der Waals surface area contributed by atoms with Crippen LogP contribution in [0, 0.1) is 11.8 Å². The first-order valence-electron chi connectivity index (χ1n) is 15.9. The largest absolute Gasteiger partial charge is 0.508 e. The average Bonchev–Trinajstić information content (AvgIpc) is 3.79. The SMILES string of the molecule is BrB(Br)Br.CCN=C(NS(=O)(=O)c1ccc(O)cc1)N1CC(CC)C=N1.CCN=C(NS(=O)(=O)c1ccc(OC)cc1)N1CC(CC)C=N1.ClCCl. The van der Waals surface area contributed by atoms with Gasteiger partial charge in [0.25, 0.3) is 20.0 Å². The van der Waals surface area contributed by atoms with Crippen molar-refractivity contribution < 1.29 is 26.7 Å². The minimum atomic E-state index is -3.77. The van der Waals surface area contributed by atoms with Crippen molar-refractivity contribution in [2.75, 3.05) is 38.6 Å². The van der Waals surface area contributed by atoms with E-state index in [1.165, 1.54) is 43.5 Å². The van der Waals surface area contributed by atoms with Gasteiger partial charge in [0.15, 0.2) is 0 Å². The first-order valence-corrected chi connectivity index (χ1v) is 22.6. The summed E-state index contributed by atoms with van der Waals surface area (Å²) in [6.07, 6.45) is 5.52. The zero-order chi connectivity index (χ0) is 39.3. The van der Waals surface area contributed by atoms with E-state index in [1.807, 2.05) is 20.1 Å². The smallest absolute Gasteiger partial charge is 0.369 e. The van der Waals surface area contributed by atoms with Gasteiger partial charge < -0.3 is 9.84 Å². The summed E-state index contributed by atoms with van der Waals surface area (Å²) < 4.78 is 60.1. The third-order valence-electron chi connectivity index (χ3n) is 6.77. The average molecular weight is 998 g/mol. The molecule has 2 aliphatic rings. The first-order chi connectivity index (χ1) is 24.6. The Labute approximate surface area is 342 Å². The monoisotopic (exact) mass is 994 g/mol. The maximum atomic E-state index is 12.5. The topological polar surface area (TPSA) is 178 Å². The van der Waals surface area contributed by atoms with Crippen LogP contribution < -0.4 is 14.2 Å². The van der Waals surface area contributed by atoms with Crippen LogP contribution in [0.25, 0.3) is 0 Å². The number of nitrogens with one attached hydrogen (secondary N) is 2. The minimum Gasteiger partial charge on any atom is -0.508 e. The van der Waals surface area contributed by atoms with Crippen LogP contribution >= 0.6 is 70.5 Å². The summed E-state index contributed by atoms with van der Waals surface area (Å²) >= 11 is 18.8. The lowest BCUT2D eigenvalue weighted by Crippen LogP contribution is -2.41. The number of sulfonamides is 2. The van der Waals surface area contributed by atoms with Crippen LogP contribution in [0.2, 0.25) is 0 Å². The Kier molecular flexibility index (Phi) is 23.1. The predicted octanol–water partition coefficient (Wildman–Crippen LogP) is 6.63. The summed E-state index contributed by atoms with van der Waals surface area (Å²) in [7, 11) is -5.96. The summed E-state index contributed by atoms with van der Waals surface area (Å²) in [4.78, 5) is 8.64. The van der Waals surface area contributed by atoms with Crippen molar-refractivity contribution in [1.82, 2.24) is 19.5 Å². The highest BCUT2D eigenvalue weighted by molar-refractivity contribution is 9.69.